The standard InChI is InChI=1S/C12H17BrN2O3S/c1-12(2,11(16)14-3)8-15-19(17,18)10-6-4-9(13)5-7-10/h4-7,15H,8H2,1-3H3,(H,14,16). The fraction of sp³-hybridized carbons (Fsp3) is 0.417. The van der Waals surface area contributed by atoms with Gasteiger partial charge in [-0.05, 0) is 38.1 Å². The first-order chi connectivity index (χ1) is 8.69. The van der Waals surface area contributed by atoms with Gasteiger partial charge in [0.15, 0.2) is 0 Å². The summed E-state index contributed by atoms with van der Waals surface area (Å²) >= 11 is 3.24. The summed E-state index contributed by atoms with van der Waals surface area (Å²) in [6, 6.07) is 6.30. The molecular weight excluding hydrogens is 332 g/mol. The van der Waals surface area contributed by atoms with Crippen molar-refractivity contribution in [3.05, 3.63) is 28.7 Å². The molecule has 0 radical (unpaired) electrons. The molecule has 0 saturated heterocycles. The predicted molar refractivity (Wildman–Crippen MR) is 77.2 cm³/mol. The summed E-state index contributed by atoms with van der Waals surface area (Å²) in [6.45, 7) is 3.39. The summed E-state index contributed by atoms with van der Waals surface area (Å²) in [5.74, 6) is -0.217. The van der Waals surface area contributed by atoms with E-state index in [0.29, 0.717) is 0 Å². The van der Waals surface area contributed by atoms with E-state index in [1.54, 1.807) is 26.0 Å². The smallest absolute Gasteiger partial charge is 0.240 e. The lowest BCUT2D eigenvalue weighted by Crippen LogP contribution is -2.43. The number of carbonyl (C=O) groups excluding carboxylic acids is 1. The van der Waals surface area contributed by atoms with E-state index in [9.17, 15) is 13.2 Å². The molecule has 7 heteroatoms. The molecule has 0 saturated carbocycles. The van der Waals surface area contributed by atoms with E-state index >= 15 is 0 Å². The number of hydrogen-bond acceptors (Lipinski definition) is 3. The fourth-order valence-corrected chi connectivity index (χ4v) is 2.87. The molecule has 0 heterocycles. The first-order valence-corrected chi connectivity index (χ1v) is 7.94. The van der Waals surface area contributed by atoms with Gasteiger partial charge < -0.3 is 5.32 Å². The van der Waals surface area contributed by atoms with Crippen LogP contribution in [0.2, 0.25) is 0 Å². The number of benzene rings is 1. The van der Waals surface area contributed by atoms with Gasteiger partial charge in [-0.3, -0.25) is 4.79 Å². The SMILES string of the molecule is CNC(=O)C(C)(C)CNS(=O)(=O)c1ccc(Br)cc1. The van der Waals surface area contributed by atoms with Gasteiger partial charge in [0.1, 0.15) is 0 Å². The first-order valence-electron chi connectivity index (χ1n) is 5.66. The minimum atomic E-state index is -3.60. The fourth-order valence-electron chi connectivity index (χ4n) is 1.39. The molecule has 0 fully saturated rings. The number of sulfonamides is 1. The molecule has 2 N–H and O–H groups in total. The van der Waals surface area contributed by atoms with Gasteiger partial charge in [0.25, 0.3) is 0 Å². The van der Waals surface area contributed by atoms with Crippen LogP contribution in [0, 0.1) is 5.41 Å². The molecule has 19 heavy (non-hydrogen) atoms. The van der Waals surface area contributed by atoms with Crippen molar-refractivity contribution in [2.75, 3.05) is 13.6 Å². The average molecular weight is 349 g/mol. The van der Waals surface area contributed by atoms with Crippen molar-refractivity contribution in [1.82, 2.24) is 10.0 Å². The van der Waals surface area contributed by atoms with Crippen molar-refractivity contribution in [2.24, 2.45) is 5.41 Å². The van der Waals surface area contributed by atoms with Gasteiger partial charge in [-0.1, -0.05) is 15.9 Å². The van der Waals surface area contributed by atoms with Crippen LogP contribution < -0.4 is 10.0 Å². The number of halogens is 1. The molecular formula is C12H17BrN2O3S. The highest BCUT2D eigenvalue weighted by Crippen LogP contribution is 2.17. The Hall–Kier alpha value is -0.920. The Morgan fingerprint density at radius 2 is 1.79 bits per heavy atom. The zero-order chi connectivity index (χ0) is 14.7. The van der Waals surface area contributed by atoms with E-state index in [2.05, 4.69) is 26.0 Å². The maximum atomic E-state index is 12.0. The Balaban J connectivity index is 2.82. The Morgan fingerprint density at radius 3 is 2.26 bits per heavy atom. The number of nitrogens with one attached hydrogen (secondary N) is 2. The van der Waals surface area contributed by atoms with Gasteiger partial charge in [0.2, 0.25) is 15.9 Å². The van der Waals surface area contributed by atoms with Crippen molar-refractivity contribution >= 4 is 31.9 Å². The third kappa shape index (κ3) is 4.29. The number of hydrogen-bond donors (Lipinski definition) is 2. The largest absolute Gasteiger partial charge is 0.359 e. The summed E-state index contributed by atoms with van der Waals surface area (Å²) < 4.78 is 27.3. The van der Waals surface area contributed by atoms with Crippen LogP contribution in [-0.2, 0) is 14.8 Å². The first kappa shape index (κ1) is 16.1. The van der Waals surface area contributed by atoms with Crippen molar-refractivity contribution < 1.29 is 13.2 Å². The third-order valence-corrected chi connectivity index (χ3v) is 4.62. The van der Waals surface area contributed by atoms with E-state index in [-0.39, 0.29) is 17.3 Å². The van der Waals surface area contributed by atoms with Crippen molar-refractivity contribution in [3.63, 3.8) is 0 Å². The lowest BCUT2D eigenvalue weighted by atomic mass is 9.93. The topological polar surface area (TPSA) is 75.3 Å². The average Bonchev–Trinajstić information content (AvgIpc) is 2.36. The lowest BCUT2D eigenvalue weighted by Gasteiger charge is -2.22. The maximum absolute atomic E-state index is 12.0. The second-order valence-corrected chi connectivity index (χ2v) is 7.42. The molecule has 1 amide bonds. The second-order valence-electron chi connectivity index (χ2n) is 4.74. The summed E-state index contributed by atoms with van der Waals surface area (Å²) in [5, 5.41) is 2.51. The molecule has 0 spiro atoms. The van der Waals surface area contributed by atoms with E-state index in [1.807, 2.05) is 0 Å². The molecule has 1 rings (SSSR count). The van der Waals surface area contributed by atoms with Crippen LogP contribution in [-0.4, -0.2) is 27.9 Å². The summed E-state index contributed by atoms with van der Waals surface area (Å²) in [5.41, 5.74) is -0.808. The van der Waals surface area contributed by atoms with Crippen molar-refractivity contribution in [3.8, 4) is 0 Å². The van der Waals surface area contributed by atoms with E-state index < -0.39 is 15.4 Å². The summed E-state index contributed by atoms with van der Waals surface area (Å²) in [4.78, 5) is 11.7. The van der Waals surface area contributed by atoms with Crippen molar-refractivity contribution in [1.29, 1.82) is 0 Å². The molecule has 0 atom stereocenters. The quantitative estimate of drug-likeness (QED) is 0.846. The van der Waals surface area contributed by atoms with Gasteiger partial charge in [-0.25, -0.2) is 13.1 Å². The molecule has 0 unspecified atom stereocenters. The van der Waals surface area contributed by atoms with Gasteiger partial charge in [0.05, 0.1) is 10.3 Å². The Morgan fingerprint density at radius 1 is 1.26 bits per heavy atom. The van der Waals surface area contributed by atoms with Crippen LogP contribution in [0.25, 0.3) is 0 Å². The molecule has 0 aliphatic heterocycles. The van der Waals surface area contributed by atoms with E-state index in [1.165, 1.54) is 19.2 Å². The van der Waals surface area contributed by atoms with Gasteiger partial charge >= 0.3 is 0 Å². The van der Waals surface area contributed by atoms with Gasteiger partial charge in [-0.2, -0.15) is 0 Å². The lowest BCUT2D eigenvalue weighted by molar-refractivity contribution is -0.128. The highest BCUT2D eigenvalue weighted by molar-refractivity contribution is 9.10. The molecule has 1 aromatic rings. The molecule has 106 valence electrons. The predicted octanol–water partition coefficient (Wildman–Crippen LogP) is 1.50. The van der Waals surface area contributed by atoms with Crippen molar-refractivity contribution in [2.45, 2.75) is 18.7 Å². The third-order valence-electron chi connectivity index (χ3n) is 2.67. The van der Waals surface area contributed by atoms with E-state index in [0.717, 1.165) is 4.47 Å². The maximum Gasteiger partial charge on any atom is 0.240 e. The van der Waals surface area contributed by atoms with Gasteiger partial charge in [0, 0.05) is 18.1 Å². The monoisotopic (exact) mass is 348 g/mol. The van der Waals surface area contributed by atoms with Crippen LogP contribution in [0.1, 0.15) is 13.8 Å². The second kappa shape index (κ2) is 6.02. The Kier molecular flexibility index (Phi) is 5.11. The van der Waals surface area contributed by atoms with Crippen LogP contribution in [0.4, 0.5) is 0 Å². The minimum absolute atomic E-state index is 0.0328. The number of amides is 1. The molecule has 0 aliphatic carbocycles. The molecule has 0 aliphatic rings. The highest BCUT2D eigenvalue weighted by atomic mass is 79.9. The number of carbonyl (C=O) groups is 1. The summed E-state index contributed by atoms with van der Waals surface area (Å²) in [6.07, 6.45) is 0. The van der Waals surface area contributed by atoms with E-state index in [4.69, 9.17) is 0 Å². The Bertz CT molecular complexity index is 553. The molecule has 0 aromatic heterocycles. The zero-order valence-corrected chi connectivity index (χ0v) is 13.4. The molecule has 1 aromatic carbocycles. The van der Waals surface area contributed by atoms with Crippen LogP contribution >= 0.6 is 15.9 Å². The minimum Gasteiger partial charge on any atom is -0.359 e. The Labute approximate surface area is 122 Å². The highest BCUT2D eigenvalue weighted by Gasteiger charge is 2.28. The van der Waals surface area contributed by atoms with Crippen LogP contribution in [0.5, 0.6) is 0 Å². The zero-order valence-electron chi connectivity index (χ0n) is 11.0. The normalized spacial score (nSPS) is 12.2. The summed E-state index contributed by atoms with van der Waals surface area (Å²) in [7, 11) is -2.08. The van der Waals surface area contributed by atoms with Crippen LogP contribution in [0.15, 0.2) is 33.6 Å². The molecule has 5 nitrogen and oxygen atoms in total. The molecule has 0 bridgehead atoms. The van der Waals surface area contributed by atoms with Gasteiger partial charge in [-0.15, -0.1) is 0 Å². The van der Waals surface area contributed by atoms with Crippen LogP contribution in [0.3, 0.4) is 0 Å². The number of rotatable bonds is 5.